The predicted octanol–water partition coefficient (Wildman–Crippen LogP) is 1.11. The summed E-state index contributed by atoms with van der Waals surface area (Å²) in [5.41, 5.74) is 0. The van der Waals surface area contributed by atoms with Gasteiger partial charge in [0.2, 0.25) is 0 Å². The van der Waals surface area contributed by atoms with E-state index in [0.29, 0.717) is 6.61 Å². The van der Waals surface area contributed by atoms with E-state index in [1.54, 1.807) is 0 Å². The van der Waals surface area contributed by atoms with Crippen molar-refractivity contribution in [1.29, 1.82) is 0 Å². The fraction of sp³-hybridized carbons (Fsp3) is 1.00. The minimum atomic E-state index is -1.69. The third-order valence-electron chi connectivity index (χ3n) is 7.74. The Morgan fingerprint density at radius 2 is 0.974 bits per heavy atom. The van der Waals surface area contributed by atoms with E-state index in [4.69, 9.17) is 18.9 Å². The number of rotatable bonds is 20. The van der Waals surface area contributed by atoms with E-state index >= 15 is 0 Å². The number of hydrogen-bond donors (Lipinski definition) is 7. The first-order valence-electron chi connectivity index (χ1n) is 15.1. The van der Waals surface area contributed by atoms with Crippen LogP contribution in [0.5, 0.6) is 0 Å². The van der Waals surface area contributed by atoms with Gasteiger partial charge in [-0.05, 0) is 6.42 Å². The first-order chi connectivity index (χ1) is 18.8. The molecule has 232 valence electrons. The quantitative estimate of drug-likeness (QED) is 0.105. The molecule has 0 amide bonds. The molecule has 2 saturated heterocycles. The van der Waals surface area contributed by atoms with Crippen molar-refractivity contribution in [2.24, 2.45) is 0 Å². The van der Waals surface area contributed by atoms with Gasteiger partial charge in [-0.3, -0.25) is 0 Å². The van der Waals surface area contributed by atoms with Gasteiger partial charge in [-0.25, -0.2) is 0 Å². The number of ether oxygens (including phenoxy) is 4. The summed E-state index contributed by atoms with van der Waals surface area (Å²) in [5, 5.41) is 70.4. The fourth-order valence-electron chi connectivity index (χ4n) is 5.19. The Bertz CT molecular complexity index is 608. The molecule has 0 saturated carbocycles. The van der Waals surface area contributed by atoms with E-state index in [1.165, 1.54) is 70.6 Å². The second-order valence-electron chi connectivity index (χ2n) is 11.0. The molecular weight excluding hydrogens is 512 g/mol. The lowest BCUT2D eigenvalue weighted by atomic mass is 9.97. The Labute approximate surface area is 233 Å². The normalized spacial score (nSPS) is 35.4. The summed E-state index contributed by atoms with van der Waals surface area (Å²) in [5.74, 6) is 0. The van der Waals surface area contributed by atoms with Gasteiger partial charge in [0.15, 0.2) is 12.6 Å². The van der Waals surface area contributed by atoms with Crippen molar-refractivity contribution in [3.63, 3.8) is 0 Å². The van der Waals surface area contributed by atoms with Gasteiger partial charge in [0.25, 0.3) is 0 Å². The smallest absolute Gasteiger partial charge is 0.187 e. The van der Waals surface area contributed by atoms with Crippen LogP contribution in [0.15, 0.2) is 0 Å². The second-order valence-corrected chi connectivity index (χ2v) is 11.0. The van der Waals surface area contributed by atoms with Crippen LogP contribution in [0.2, 0.25) is 0 Å². The maximum absolute atomic E-state index is 10.6. The second kappa shape index (κ2) is 19.6. The van der Waals surface area contributed by atoms with Crippen molar-refractivity contribution in [2.75, 3.05) is 19.8 Å². The van der Waals surface area contributed by atoms with Crippen molar-refractivity contribution in [3.8, 4) is 0 Å². The highest BCUT2D eigenvalue weighted by atomic mass is 16.7. The lowest BCUT2D eigenvalue weighted by Gasteiger charge is -2.45. The molecule has 2 rings (SSSR count). The van der Waals surface area contributed by atoms with Crippen LogP contribution in [-0.4, -0.2) is 117 Å². The highest BCUT2D eigenvalue weighted by molar-refractivity contribution is 4.94. The Morgan fingerprint density at radius 1 is 0.513 bits per heavy atom. The predicted molar refractivity (Wildman–Crippen MR) is 143 cm³/mol. The molecule has 39 heavy (non-hydrogen) atoms. The van der Waals surface area contributed by atoms with Gasteiger partial charge in [0.1, 0.15) is 48.8 Å². The maximum atomic E-state index is 10.6. The number of aliphatic hydroxyl groups is 7. The Balaban J connectivity index is 1.62. The molecule has 0 radical (unpaired) electrons. The zero-order valence-corrected chi connectivity index (χ0v) is 23.6. The zero-order chi connectivity index (χ0) is 28.6. The molecule has 0 bridgehead atoms. The van der Waals surface area contributed by atoms with Crippen molar-refractivity contribution < 1.29 is 54.7 Å². The molecule has 2 heterocycles. The Morgan fingerprint density at radius 3 is 1.49 bits per heavy atom. The van der Waals surface area contributed by atoms with E-state index in [2.05, 4.69) is 6.92 Å². The first-order valence-corrected chi connectivity index (χ1v) is 15.1. The van der Waals surface area contributed by atoms with Crippen LogP contribution in [0.3, 0.4) is 0 Å². The summed E-state index contributed by atoms with van der Waals surface area (Å²) in [6.45, 7) is 1.34. The molecule has 2 aliphatic rings. The molecule has 7 N–H and O–H groups in total. The molecule has 0 unspecified atom stereocenters. The number of unbranched alkanes of at least 4 members (excludes halogenated alkanes) is 13. The van der Waals surface area contributed by atoms with Crippen LogP contribution < -0.4 is 0 Å². The lowest BCUT2D eigenvalue weighted by molar-refractivity contribution is -0.359. The average molecular weight is 567 g/mol. The minimum Gasteiger partial charge on any atom is -0.394 e. The van der Waals surface area contributed by atoms with Gasteiger partial charge in [-0.1, -0.05) is 90.4 Å². The van der Waals surface area contributed by atoms with Crippen LogP contribution in [0.1, 0.15) is 96.8 Å². The summed E-state index contributed by atoms with van der Waals surface area (Å²) < 4.78 is 22.1. The zero-order valence-electron chi connectivity index (χ0n) is 23.6. The average Bonchev–Trinajstić information content (AvgIpc) is 2.94. The largest absolute Gasteiger partial charge is 0.394 e. The summed E-state index contributed by atoms with van der Waals surface area (Å²) in [7, 11) is 0. The first kappa shape index (κ1) is 34.8. The van der Waals surface area contributed by atoms with Crippen LogP contribution in [0, 0.1) is 0 Å². The highest BCUT2D eigenvalue weighted by Gasteiger charge is 2.50. The highest BCUT2D eigenvalue weighted by Crippen LogP contribution is 2.29. The van der Waals surface area contributed by atoms with Crippen LogP contribution in [0.4, 0.5) is 0 Å². The monoisotopic (exact) mass is 566 g/mol. The van der Waals surface area contributed by atoms with Crippen LogP contribution in [0.25, 0.3) is 0 Å². The number of aliphatic hydroxyl groups excluding tert-OH is 7. The van der Waals surface area contributed by atoms with E-state index < -0.39 is 74.6 Å². The third kappa shape index (κ3) is 11.4. The Kier molecular flexibility index (Phi) is 17.5. The molecule has 0 aromatic rings. The standard InChI is InChI=1S/C28H54O11/c1-2-3-4-5-6-7-8-9-10-11-12-13-14-15-16-36-27-25(35)23(33)26(20(18-30)38-27)39-28-24(34)22(32)21(31)19(17-29)37-28/h19-35H,2-18H2,1H3/t19-,20-,21-,22+,23-,24-,25-,26-,27-,28-/m1/s1. The molecule has 10 atom stereocenters. The summed E-state index contributed by atoms with van der Waals surface area (Å²) >= 11 is 0. The van der Waals surface area contributed by atoms with Crippen LogP contribution >= 0.6 is 0 Å². The van der Waals surface area contributed by atoms with Crippen LogP contribution in [-0.2, 0) is 18.9 Å². The van der Waals surface area contributed by atoms with Crippen molar-refractivity contribution in [3.05, 3.63) is 0 Å². The molecule has 0 aromatic heterocycles. The number of hydrogen-bond acceptors (Lipinski definition) is 11. The van der Waals surface area contributed by atoms with Crippen molar-refractivity contribution >= 4 is 0 Å². The van der Waals surface area contributed by atoms with E-state index in [1.807, 2.05) is 0 Å². The maximum Gasteiger partial charge on any atom is 0.187 e. The lowest BCUT2D eigenvalue weighted by Crippen LogP contribution is -2.64. The van der Waals surface area contributed by atoms with Crippen molar-refractivity contribution in [2.45, 2.75) is 158 Å². The Hall–Kier alpha value is -0.440. The summed E-state index contributed by atoms with van der Waals surface area (Å²) in [6, 6.07) is 0. The summed E-state index contributed by atoms with van der Waals surface area (Å²) in [6.07, 6.45) is 2.97. The summed E-state index contributed by atoms with van der Waals surface area (Å²) in [4.78, 5) is 0. The molecule has 2 aliphatic heterocycles. The van der Waals surface area contributed by atoms with Gasteiger partial charge < -0.3 is 54.7 Å². The SMILES string of the molecule is CCCCCCCCCCCCCCCCO[C@@H]1O[C@H](CO)[C@@H](O[C@H]2O[C@H](CO)[C@@H](O)[C@H](O)[C@H]2O)[C@H](O)[C@H]1O. The molecule has 0 aliphatic carbocycles. The van der Waals surface area contributed by atoms with Gasteiger partial charge >= 0.3 is 0 Å². The molecular formula is C28H54O11. The molecule has 11 heteroatoms. The van der Waals surface area contributed by atoms with Gasteiger partial charge in [0.05, 0.1) is 13.2 Å². The van der Waals surface area contributed by atoms with Gasteiger partial charge in [0, 0.05) is 6.61 Å². The topological polar surface area (TPSA) is 179 Å². The minimum absolute atomic E-state index is 0.322. The third-order valence-corrected chi connectivity index (χ3v) is 7.74. The molecule has 11 nitrogen and oxygen atoms in total. The van der Waals surface area contributed by atoms with Crippen molar-refractivity contribution in [1.82, 2.24) is 0 Å². The molecule has 0 aromatic carbocycles. The van der Waals surface area contributed by atoms with Gasteiger partial charge in [-0.2, -0.15) is 0 Å². The van der Waals surface area contributed by atoms with E-state index in [0.717, 1.165) is 19.3 Å². The van der Waals surface area contributed by atoms with E-state index in [9.17, 15) is 35.7 Å². The van der Waals surface area contributed by atoms with E-state index in [-0.39, 0.29) is 0 Å². The molecule has 2 fully saturated rings. The molecule has 0 spiro atoms. The fourth-order valence-corrected chi connectivity index (χ4v) is 5.19. The van der Waals surface area contributed by atoms with Gasteiger partial charge in [-0.15, -0.1) is 0 Å².